The molecule has 7 heteroatoms. The number of aromatic nitrogens is 2. The first-order valence-electron chi connectivity index (χ1n) is 7.36. The Morgan fingerprint density at radius 1 is 1.43 bits per heavy atom. The van der Waals surface area contributed by atoms with Crippen LogP contribution in [0.5, 0.6) is 0 Å². The molecule has 1 atom stereocenters. The van der Waals surface area contributed by atoms with Gasteiger partial charge in [-0.3, -0.25) is 9.48 Å². The Bertz CT molecular complexity index is 726. The van der Waals surface area contributed by atoms with E-state index in [1.54, 1.807) is 24.1 Å². The number of aliphatic hydroxyl groups is 1. The Balaban J connectivity index is 1.81. The second-order valence-electron chi connectivity index (χ2n) is 5.91. The maximum atomic E-state index is 13.8. The number of hydrogen-bond donors (Lipinski definition) is 2. The van der Waals surface area contributed by atoms with Gasteiger partial charge in [-0.05, 0) is 30.9 Å². The van der Waals surface area contributed by atoms with Gasteiger partial charge in [0.1, 0.15) is 11.6 Å². The van der Waals surface area contributed by atoms with E-state index in [0.717, 1.165) is 17.7 Å². The van der Waals surface area contributed by atoms with E-state index in [2.05, 4.69) is 10.4 Å². The number of nitrogens with one attached hydrogen (secondary N) is 1. The average molecular weight is 321 g/mol. The summed E-state index contributed by atoms with van der Waals surface area (Å²) >= 11 is 0. The van der Waals surface area contributed by atoms with Gasteiger partial charge in [-0.1, -0.05) is 0 Å². The largest absolute Gasteiger partial charge is 0.393 e. The number of aliphatic hydroxyl groups excluding tert-OH is 1. The first-order valence-corrected chi connectivity index (χ1v) is 7.36. The molecule has 0 unspecified atom stereocenters. The lowest BCUT2D eigenvalue weighted by Gasteiger charge is -2.37. The fourth-order valence-electron chi connectivity index (χ4n) is 2.87. The van der Waals surface area contributed by atoms with Crippen molar-refractivity contribution >= 4 is 5.91 Å². The molecular weight excluding hydrogens is 304 g/mol. The van der Waals surface area contributed by atoms with Gasteiger partial charge in [0.15, 0.2) is 0 Å². The number of rotatable bonds is 4. The summed E-state index contributed by atoms with van der Waals surface area (Å²) in [6.07, 6.45) is 4.16. The number of benzene rings is 1. The second-order valence-corrected chi connectivity index (χ2v) is 5.91. The molecule has 2 N–H and O–H groups in total. The summed E-state index contributed by atoms with van der Waals surface area (Å²) in [6, 6.07) is 2.48. The van der Waals surface area contributed by atoms with Gasteiger partial charge in [0, 0.05) is 24.9 Å². The van der Waals surface area contributed by atoms with E-state index in [4.69, 9.17) is 0 Å². The molecule has 0 bridgehead atoms. The van der Waals surface area contributed by atoms with E-state index in [1.165, 1.54) is 0 Å². The summed E-state index contributed by atoms with van der Waals surface area (Å²) in [4.78, 5) is 12.3. The van der Waals surface area contributed by atoms with E-state index in [-0.39, 0.29) is 23.6 Å². The summed E-state index contributed by atoms with van der Waals surface area (Å²) in [5.41, 5.74) is 0.584. The summed E-state index contributed by atoms with van der Waals surface area (Å²) in [7, 11) is 1.76. The smallest absolute Gasteiger partial charge is 0.254 e. The van der Waals surface area contributed by atoms with E-state index in [1.807, 2.05) is 0 Å². The normalized spacial score (nSPS) is 21.6. The van der Waals surface area contributed by atoms with Crippen molar-refractivity contribution in [1.29, 1.82) is 0 Å². The van der Waals surface area contributed by atoms with E-state index in [9.17, 15) is 18.7 Å². The molecule has 1 aromatic carbocycles. The summed E-state index contributed by atoms with van der Waals surface area (Å²) in [5.74, 6) is -2.19. The molecular formula is C16H17F2N3O2. The number of hydrogen-bond acceptors (Lipinski definition) is 3. The molecule has 0 aliphatic heterocycles. The van der Waals surface area contributed by atoms with E-state index < -0.39 is 17.5 Å². The maximum absolute atomic E-state index is 13.8. The highest BCUT2D eigenvalue weighted by Gasteiger charge is 2.36. The summed E-state index contributed by atoms with van der Waals surface area (Å²) in [6.45, 7) is 0. The van der Waals surface area contributed by atoms with Crippen LogP contribution in [0.3, 0.4) is 0 Å². The monoisotopic (exact) mass is 321 g/mol. The molecule has 1 aliphatic rings. The van der Waals surface area contributed by atoms with Crippen LogP contribution in [0.15, 0.2) is 30.6 Å². The molecule has 1 heterocycles. The molecule has 122 valence electrons. The quantitative estimate of drug-likeness (QED) is 0.904. The Labute approximate surface area is 131 Å². The number of halogens is 2. The van der Waals surface area contributed by atoms with Crippen molar-refractivity contribution in [2.24, 2.45) is 13.0 Å². The van der Waals surface area contributed by atoms with Crippen molar-refractivity contribution in [2.75, 3.05) is 0 Å². The average Bonchev–Trinajstić information content (AvgIpc) is 2.88. The molecule has 5 nitrogen and oxygen atoms in total. The second kappa shape index (κ2) is 6.08. The van der Waals surface area contributed by atoms with Crippen LogP contribution in [-0.4, -0.2) is 26.9 Å². The fraction of sp³-hybridized carbons (Fsp3) is 0.375. The Morgan fingerprint density at radius 2 is 2.17 bits per heavy atom. The minimum absolute atomic E-state index is 0.0571. The number of nitrogens with zero attached hydrogens (tertiary/aromatic N) is 2. The maximum Gasteiger partial charge on any atom is 0.254 e. The summed E-state index contributed by atoms with van der Waals surface area (Å²) < 4.78 is 28.3. The number of carbonyl (C=O) groups excluding carboxylic acids is 1. The molecule has 23 heavy (non-hydrogen) atoms. The van der Waals surface area contributed by atoms with Crippen LogP contribution in [-0.2, 0) is 7.05 Å². The lowest BCUT2D eigenvalue weighted by atomic mass is 9.75. The van der Waals surface area contributed by atoms with Gasteiger partial charge in [0.25, 0.3) is 5.91 Å². The third-order valence-electron chi connectivity index (χ3n) is 4.17. The van der Waals surface area contributed by atoms with Gasteiger partial charge >= 0.3 is 0 Å². The van der Waals surface area contributed by atoms with E-state index in [0.29, 0.717) is 18.9 Å². The van der Waals surface area contributed by atoms with Crippen LogP contribution in [0.1, 0.15) is 34.8 Å². The molecule has 1 amide bonds. The molecule has 0 radical (unpaired) electrons. The van der Waals surface area contributed by atoms with Gasteiger partial charge in [-0.15, -0.1) is 0 Å². The fourth-order valence-corrected chi connectivity index (χ4v) is 2.87. The molecule has 2 aromatic rings. The van der Waals surface area contributed by atoms with Crippen LogP contribution in [0, 0.1) is 17.6 Å². The highest BCUT2D eigenvalue weighted by Crippen LogP contribution is 2.38. The third kappa shape index (κ3) is 3.24. The van der Waals surface area contributed by atoms with Crippen molar-refractivity contribution in [1.82, 2.24) is 15.1 Å². The zero-order chi connectivity index (χ0) is 16.6. The van der Waals surface area contributed by atoms with Crippen molar-refractivity contribution in [3.8, 4) is 0 Å². The first kappa shape index (κ1) is 15.6. The zero-order valence-corrected chi connectivity index (χ0v) is 12.5. The molecule has 1 aliphatic carbocycles. The highest BCUT2D eigenvalue weighted by atomic mass is 19.1. The predicted molar refractivity (Wildman–Crippen MR) is 78.5 cm³/mol. The SMILES string of the molecule is Cn1cc([C@@H](NC(=O)c2ccc(F)cc2F)C2CC(O)C2)cn1. The van der Waals surface area contributed by atoms with Gasteiger partial charge in [-0.25, -0.2) is 8.78 Å². The molecule has 1 saturated carbocycles. The van der Waals surface area contributed by atoms with Gasteiger partial charge in [0.2, 0.25) is 0 Å². The first-order chi connectivity index (χ1) is 10.9. The molecule has 1 fully saturated rings. The standard InChI is InChI=1S/C16H17F2N3O2/c1-21-8-10(7-19-21)15(9-4-12(22)5-9)20-16(23)13-3-2-11(17)6-14(13)18/h2-3,6-9,12,15,22H,4-5H2,1H3,(H,20,23)/t9?,12?,15-/m0/s1. The predicted octanol–water partition coefficient (Wildman–Crippen LogP) is 1.94. The van der Waals surface area contributed by atoms with Crippen LogP contribution >= 0.6 is 0 Å². The topological polar surface area (TPSA) is 67.2 Å². The van der Waals surface area contributed by atoms with Crippen molar-refractivity contribution in [3.05, 3.63) is 53.4 Å². The number of carbonyl (C=O) groups is 1. The Morgan fingerprint density at radius 3 is 2.74 bits per heavy atom. The third-order valence-corrected chi connectivity index (χ3v) is 4.17. The number of amides is 1. The van der Waals surface area contributed by atoms with Crippen LogP contribution in [0.4, 0.5) is 8.78 Å². The van der Waals surface area contributed by atoms with Crippen LogP contribution in [0.25, 0.3) is 0 Å². The van der Waals surface area contributed by atoms with Crippen molar-refractivity contribution in [2.45, 2.75) is 25.0 Å². The molecule has 1 aromatic heterocycles. The Kier molecular flexibility index (Phi) is 4.12. The van der Waals surface area contributed by atoms with Gasteiger partial charge in [0.05, 0.1) is 23.9 Å². The van der Waals surface area contributed by atoms with E-state index >= 15 is 0 Å². The number of aryl methyl sites for hydroxylation is 1. The minimum atomic E-state index is -0.902. The zero-order valence-electron chi connectivity index (χ0n) is 12.5. The summed E-state index contributed by atoms with van der Waals surface area (Å²) in [5, 5.41) is 16.4. The molecule has 3 rings (SSSR count). The van der Waals surface area contributed by atoms with Crippen molar-refractivity contribution < 1.29 is 18.7 Å². The van der Waals surface area contributed by atoms with Gasteiger partial charge < -0.3 is 10.4 Å². The Hall–Kier alpha value is -2.28. The lowest BCUT2D eigenvalue weighted by molar-refractivity contribution is 0.0234. The molecule has 0 spiro atoms. The lowest BCUT2D eigenvalue weighted by Crippen LogP contribution is -2.41. The van der Waals surface area contributed by atoms with Crippen molar-refractivity contribution in [3.63, 3.8) is 0 Å². The highest BCUT2D eigenvalue weighted by molar-refractivity contribution is 5.94. The van der Waals surface area contributed by atoms with Gasteiger partial charge in [-0.2, -0.15) is 5.10 Å². The van der Waals surface area contributed by atoms with Crippen LogP contribution in [0.2, 0.25) is 0 Å². The van der Waals surface area contributed by atoms with Crippen LogP contribution < -0.4 is 5.32 Å². The molecule has 0 saturated heterocycles. The minimum Gasteiger partial charge on any atom is -0.393 e.